The number of piperazine rings is 1. The molecule has 0 aliphatic carbocycles. The number of carbonyl (C=O) groups is 1. The number of benzene rings is 2. The first-order chi connectivity index (χ1) is 12.8. The SMILES string of the molecule is Cc1ccc(NC(=O)N2CCN(c3ccccc3C(F)(F)F)CC2)c(C)c1. The highest BCUT2D eigenvalue weighted by molar-refractivity contribution is 5.90. The number of anilines is 2. The molecule has 0 saturated carbocycles. The molecule has 0 spiro atoms. The zero-order valence-electron chi connectivity index (χ0n) is 15.3. The van der Waals surface area contributed by atoms with Gasteiger partial charge in [-0.15, -0.1) is 0 Å². The fourth-order valence-electron chi connectivity index (χ4n) is 3.29. The predicted molar refractivity (Wildman–Crippen MR) is 100 cm³/mol. The van der Waals surface area contributed by atoms with Gasteiger partial charge in [-0.05, 0) is 37.6 Å². The van der Waals surface area contributed by atoms with Crippen LogP contribution in [0.3, 0.4) is 0 Å². The number of rotatable bonds is 2. The Bertz CT molecular complexity index is 827. The monoisotopic (exact) mass is 377 g/mol. The lowest BCUT2D eigenvalue weighted by Gasteiger charge is -2.37. The van der Waals surface area contributed by atoms with E-state index in [0.717, 1.165) is 22.9 Å². The van der Waals surface area contributed by atoms with E-state index in [0.29, 0.717) is 26.2 Å². The van der Waals surface area contributed by atoms with Crippen molar-refractivity contribution < 1.29 is 18.0 Å². The minimum absolute atomic E-state index is 0.166. The van der Waals surface area contributed by atoms with Crippen molar-refractivity contribution >= 4 is 17.4 Å². The number of urea groups is 1. The second-order valence-corrected chi connectivity index (χ2v) is 6.74. The number of hydrogen-bond acceptors (Lipinski definition) is 2. The van der Waals surface area contributed by atoms with Crippen molar-refractivity contribution in [3.63, 3.8) is 0 Å². The highest BCUT2D eigenvalue weighted by atomic mass is 19.4. The number of hydrogen-bond donors (Lipinski definition) is 1. The van der Waals surface area contributed by atoms with Crippen LogP contribution in [0.2, 0.25) is 0 Å². The Morgan fingerprint density at radius 3 is 2.30 bits per heavy atom. The van der Waals surface area contributed by atoms with Gasteiger partial charge in [-0.3, -0.25) is 0 Å². The molecule has 0 bridgehead atoms. The summed E-state index contributed by atoms with van der Waals surface area (Å²) in [5.74, 6) is 0. The number of carbonyl (C=O) groups excluding carboxylic acids is 1. The maximum absolute atomic E-state index is 13.2. The standard InChI is InChI=1S/C20H22F3N3O/c1-14-7-8-17(15(2)13-14)24-19(27)26-11-9-25(10-12-26)18-6-4-3-5-16(18)20(21,22)23/h3-8,13H,9-12H2,1-2H3,(H,24,27). The van der Waals surface area contributed by atoms with Crippen LogP contribution in [0.4, 0.5) is 29.3 Å². The lowest BCUT2D eigenvalue weighted by molar-refractivity contribution is -0.137. The highest BCUT2D eigenvalue weighted by Gasteiger charge is 2.35. The van der Waals surface area contributed by atoms with Crippen LogP contribution in [0, 0.1) is 13.8 Å². The quantitative estimate of drug-likeness (QED) is 0.825. The molecule has 0 atom stereocenters. The van der Waals surface area contributed by atoms with Crippen LogP contribution in [0.5, 0.6) is 0 Å². The number of nitrogens with zero attached hydrogens (tertiary/aromatic N) is 2. The smallest absolute Gasteiger partial charge is 0.367 e. The summed E-state index contributed by atoms with van der Waals surface area (Å²) in [6.45, 7) is 5.35. The Hall–Kier alpha value is -2.70. The van der Waals surface area contributed by atoms with Gasteiger partial charge in [0.1, 0.15) is 0 Å². The van der Waals surface area contributed by atoms with E-state index in [9.17, 15) is 18.0 Å². The zero-order chi connectivity index (χ0) is 19.6. The molecule has 4 nitrogen and oxygen atoms in total. The third kappa shape index (κ3) is 4.35. The molecule has 1 aliphatic rings. The van der Waals surface area contributed by atoms with Gasteiger partial charge in [-0.2, -0.15) is 13.2 Å². The fourth-order valence-corrected chi connectivity index (χ4v) is 3.29. The summed E-state index contributed by atoms with van der Waals surface area (Å²) in [6, 6.07) is 11.1. The third-order valence-electron chi connectivity index (χ3n) is 4.74. The maximum atomic E-state index is 13.2. The Labute approximate surface area is 156 Å². The van der Waals surface area contributed by atoms with Crippen LogP contribution in [-0.4, -0.2) is 37.1 Å². The molecule has 1 aliphatic heterocycles. The molecule has 0 radical (unpaired) electrons. The highest BCUT2D eigenvalue weighted by Crippen LogP contribution is 2.36. The molecule has 2 aromatic carbocycles. The van der Waals surface area contributed by atoms with Crippen molar-refractivity contribution in [1.29, 1.82) is 0 Å². The van der Waals surface area contributed by atoms with Crippen LogP contribution >= 0.6 is 0 Å². The molecule has 27 heavy (non-hydrogen) atoms. The van der Waals surface area contributed by atoms with E-state index in [2.05, 4.69) is 5.32 Å². The van der Waals surface area contributed by atoms with Gasteiger partial charge in [0.05, 0.1) is 5.56 Å². The average Bonchev–Trinajstić information content (AvgIpc) is 2.63. The molecule has 2 aromatic rings. The second kappa shape index (κ2) is 7.50. The van der Waals surface area contributed by atoms with Crippen molar-refractivity contribution in [3.05, 3.63) is 59.2 Å². The lowest BCUT2D eigenvalue weighted by Crippen LogP contribution is -2.50. The molecule has 3 rings (SSSR count). The van der Waals surface area contributed by atoms with Crippen molar-refractivity contribution in [3.8, 4) is 0 Å². The van der Waals surface area contributed by atoms with E-state index in [1.807, 2.05) is 32.0 Å². The summed E-state index contributed by atoms with van der Waals surface area (Å²) in [5, 5.41) is 2.89. The van der Waals surface area contributed by atoms with E-state index in [1.165, 1.54) is 12.1 Å². The van der Waals surface area contributed by atoms with E-state index in [-0.39, 0.29) is 11.7 Å². The number of aryl methyl sites for hydroxylation is 2. The van der Waals surface area contributed by atoms with Crippen LogP contribution in [0.15, 0.2) is 42.5 Å². The Morgan fingerprint density at radius 2 is 1.67 bits per heavy atom. The number of halogens is 3. The molecule has 1 heterocycles. The molecule has 7 heteroatoms. The molecular weight excluding hydrogens is 355 g/mol. The van der Waals surface area contributed by atoms with Crippen LogP contribution in [-0.2, 0) is 6.18 Å². The molecule has 144 valence electrons. The summed E-state index contributed by atoms with van der Waals surface area (Å²) in [6.07, 6.45) is -4.39. The molecule has 0 aromatic heterocycles. The first-order valence-corrected chi connectivity index (χ1v) is 8.80. The summed E-state index contributed by atoms with van der Waals surface area (Å²) >= 11 is 0. The number of nitrogens with one attached hydrogen (secondary N) is 1. The van der Waals surface area contributed by atoms with Crippen LogP contribution in [0.1, 0.15) is 16.7 Å². The Kier molecular flexibility index (Phi) is 5.30. The van der Waals surface area contributed by atoms with E-state index < -0.39 is 11.7 Å². The van der Waals surface area contributed by atoms with Crippen molar-refractivity contribution in [2.75, 3.05) is 36.4 Å². The summed E-state index contributed by atoms with van der Waals surface area (Å²) < 4.78 is 39.6. The predicted octanol–water partition coefficient (Wildman–Crippen LogP) is 4.68. The zero-order valence-corrected chi connectivity index (χ0v) is 15.3. The van der Waals surface area contributed by atoms with Crippen molar-refractivity contribution in [2.45, 2.75) is 20.0 Å². The minimum Gasteiger partial charge on any atom is -0.367 e. The number of alkyl halides is 3. The number of amides is 2. The van der Waals surface area contributed by atoms with Crippen LogP contribution in [0.25, 0.3) is 0 Å². The molecule has 1 N–H and O–H groups in total. The first-order valence-electron chi connectivity index (χ1n) is 8.80. The van der Waals surface area contributed by atoms with Crippen LogP contribution < -0.4 is 10.2 Å². The summed E-state index contributed by atoms with van der Waals surface area (Å²) in [5.41, 5.74) is 2.36. The molecule has 1 fully saturated rings. The van der Waals surface area contributed by atoms with Gasteiger partial charge < -0.3 is 15.1 Å². The van der Waals surface area contributed by atoms with Gasteiger partial charge in [0.15, 0.2) is 0 Å². The molecule has 0 unspecified atom stereocenters. The summed E-state index contributed by atoms with van der Waals surface area (Å²) in [7, 11) is 0. The van der Waals surface area contributed by atoms with Gasteiger partial charge in [0, 0.05) is 37.6 Å². The first kappa shape index (κ1) is 19.1. The molecule has 2 amide bonds. The largest absolute Gasteiger partial charge is 0.418 e. The maximum Gasteiger partial charge on any atom is 0.418 e. The normalized spacial score (nSPS) is 15.0. The van der Waals surface area contributed by atoms with Gasteiger partial charge in [0.2, 0.25) is 0 Å². The topological polar surface area (TPSA) is 35.6 Å². The average molecular weight is 377 g/mol. The lowest BCUT2D eigenvalue weighted by atomic mass is 10.1. The van der Waals surface area contributed by atoms with E-state index >= 15 is 0 Å². The number of para-hydroxylation sites is 1. The summed E-state index contributed by atoms with van der Waals surface area (Å²) in [4.78, 5) is 15.8. The third-order valence-corrected chi connectivity index (χ3v) is 4.74. The van der Waals surface area contributed by atoms with E-state index in [4.69, 9.17) is 0 Å². The fraction of sp³-hybridized carbons (Fsp3) is 0.350. The molecular formula is C20H22F3N3O. The Morgan fingerprint density at radius 1 is 1.00 bits per heavy atom. The van der Waals surface area contributed by atoms with Gasteiger partial charge in [0.25, 0.3) is 0 Å². The second-order valence-electron chi connectivity index (χ2n) is 6.74. The van der Waals surface area contributed by atoms with Crippen molar-refractivity contribution in [2.24, 2.45) is 0 Å². The van der Waals surface area contributed by atoms with E-state index in [1.54, 1.807) is 15.9 Å². The van der Waals surface area contributed by atoms with Crippen molar-refractivity contribution in [1.82, 2.24) is 4.90 Å². The van der Waals surface area contributed by atoms with Gasteiger partial charge in [-0.1, -0.05) is 29.8 Å². The van der Waals surface area contributed by atoms with Gasteiger partial charge in [-0.25, -0.2) is 4.79 Å². The molecule has 1 saturated heterocycles. The Balaban J connectivity index is 1.65. The minimum atomic E-state index is -4.39. The van der Waals surface area contributed by atoms with Gasteiger partial charge >= 0.3 is 12.2 Å².